The lowest BCUT2D eigenvalue weighted by Gasteiger charge is -2.28. The van der Waals surface area contributed by atoms with Gasteiger partial charge in [-0.25, -0.2) is 19.6 Å². The van der Waals surface area contributed by atoms with Crippen LogP contribution in [0.5, 0.6) is 0 Å². The summed E-state index contributed by atoms with van der Waals surface area (Å²) in [5.41, 5.74) is 3.86. The van der Waals surface area contributed by atoms with E-state index in [0.29, 0.717) is 29.8 Å². The van der Waals surface area contributed by atoms with Crippen LogP contribution in [0.4, 0.5) is 0 Å². The van der Waals surface area contributed by atoms with E-state index in [9.17, 15) is 19.5 Å². The van der Waals surface area contributed by atoms with Crippen LogP contribution < -0.4 is 11.1 Å². The van der Waals surface area contributed by atoms with Crippen molar-refractivity contribution in [3.05, 3.63) is 48.3 Å². The van der Waals surface area contributed by atoms with Gasteiger partial charge in [0.1, 0.15) is 5.60 Å². The van der Waals surface area contributed by atoms with Gasteiger partial charge in [0.15, 0.2) is 0 Å². The maximum absolute atomic E-state index is 12.5. The number of rotatable bonds is 10. The number of ether oxygens (including phenoxy) is 1. The van der Waals surface area contributed by atoms with Crippen molar-refractivity contribution in [3.8, 4) is 23.0 Å². The van der Waals surface area contributed by atoms with Gasteiger partial charge < -0.3 is 20.9 Å². The third-order valence-corrected chi connectivity index (χ3v) is 5.08. The molecule has 1 amide bonds. The topological polar surface area (TPSA) is 196 Å². The van der Waals surface area contributed by atoms with E-state index in [1.165, 1.54) is 0 Å². The first kappa shape index (κ1) is 27.2. The second-order valence-electron chi connectivity index (χ2n) is 9.19. The molecular formula is C24H28N8O5. The number of carboxylic acid groups (broad SMARTS) is 1. The van der Waals surface area contributed by atoms with Crippen molar-refractivity contribution in [2.45, 2.75) is 51.2 Å². The molecule has 1 atom stereocenters. The van der Waals surface area contributed by atoms with E-state index in [1.54, 1.807) is 63.5 Å². The summed E-state index contributed by atoms with van der Waals surface area (Å²) in [6.45, 7) is 5.16. The predicted octanol–water partition coefficient (Wildman–Crippen LogP) is 1.41. The number of amides is 1. The van der Waals surface area contributed by atoms with Crippen LogP contribution in [0.15, 0.2) is 42.7 Å². The van der Waals surface area contributed by atoms with E-state index in [4.69, 9.17) is 10.5 Å². The van der Waals surface area contributed by atoms with Crippen LogP contribution >= 0.6 is 0 Å². The van der Waals surface area contributed by atoms with Crippen molar-refractivity contribution in [1.82, 2.24) is 35.7 Å². The molecule has 0 unspecified atom stereocenters. The molecule has 0 aliphatic carbocycles. The number of aliphatic carboxylic acids is 1. The highest BCUT2D eigenvalue weighted by atomic mass is 16.6. The molecule has 0 aliphatic heterocycles. The van der Waals surface area contributed by atoms with E-state index in [-0.39, 0.29) is 30.5 Å². The Morgan fingerprint density at radius 1 is 0.919 bits per heavy atom. The van der Waals surface area contributed by atoms with Gasteiger partial charge in [-0.15, -0.1) is 20.4 Å². The molecule has 0 fully saturated rings. The van der Waals surface area contributed by atoms with Crippen LogP contribution in [0.2, 0.25) is 0 Å². The molecule has 37 heavy (non-hydrogen) atoms. The largest absolute Gasteiger partial charge is 0.479 e. The number of nitrogens with two attached hydrogens (primary N) is 1. The lowest BCUT2D eigenvalue weighted by Crippen LogP contribution is -2.57. The Balaban J connectivity index is 1.49. The Morgan fingerprint density at radius 3 is 2.08 bits per heavy atom. The zero-order valence-corrected chi connectivity index (χ0v) is 20.7. The Morgan fingerprint density at radius 2 is 1.51 bits per heavy atom. The molecule has 2 heterocycles. The van der Waals surface area contributed by atoms with Crippen molar-refractivity contribution in [2.75, 3.05) is 6.54 Å². The molecule has 2 aromatic heterocycles. The first-order valence-corrected chi connectivity index (χ1v) is 11.5. The van der Waals surface area contributed by atoms with Gasteiger partial charge in [-0.2, -0.15) is 0 Å². The van der Waals surface area contributed by atoms with Crippen molar-refractivity contribution >= 4 is 17.8 Å². The van der Waals surface area contributed by atoms with E-state index in [0.717, 1.165) is 0 Å². The predicted molar refractivity (Wildman–Crippen MR) is 131 cm³/mol. The third kappa shape index (κ3) is 7.30. The van der Waals surface area contributed by atoms with Gasteiger partial charge in [-0.1, -0.05) is 12.1 Å². The first-order valence-electron chi connectivity index (χ1n) is 11.5. The molecule has 3 aromatic rings. The molecule has 4 N–H and O–H groups in total. The Labute approximate surface area is 212 Å². The molecule has 0 saturated carbocycles. The Kier molecular flexibility index (Phi) is 8.50. The van der Waals surface area contributed by atoms with Crippen molar-refractivity contribution in [2.24, 2.45) is 5.73 Å². The average Bonchev–Trinajstić information content (AvgIpc) is 2.88. The second-order valence-corrected chi connectivity index (χ2v) is 9.19. The van der Waals surface area contributed by atoms with Gasteiger partial charge in [0, 0.05) is 30.1 Å². The summed E-state index contributed by atoms with van der Waals surface area (Å²) < 4.78 is 5.15. The Bertz CT molecular complexity index is 1230. The second kappa shape index (κ2) is 11.6. The molecule has 1 aromatic carbocycles. The van der Waals surface area contributed by atoms with Crippen molar-refractivity contribution in [3.63, 3.8) is 0 Å². The number of esters is 1. The standard InChI is InChI=1S/C24H28N8O5/c1-23(2,3)37-22(36)24(25,21(34)35)11-4-5-12-28-20(33)16-9-7-15(8-10-16)17-29-31-19(32-30-17)18-26-13-6-14-27-18/h6-10,13-14H,4-5,11-12,25H2,1-3H3,(H,28,33)(H,34,35)/t24-/m0/s1. The van der Waals surface area contributed by atoms with Crippen LogP contribution in [0, 0.1) is 0 Å². The SMILES string of the molecule is CC(C)(C)OC(=O)[C@](N)(CCCCNC(=O)c1ccc(-c2nnc(-c3ncccn3)nn2)cc1)C(=O)O. The molecular weight excluding hydrogens is 480 g/mol. The number of hydrogen-bond donors (Lipinski definition) is 3. The third-order valence-electron chi connectivity index (χ3n) is 5.08. The lowest BCUT2D eigenvalue weighted by atomic mass is 9.93. The minimum Gasteiger partial charge on any atom is -0.479 e. The van der Waals surface area contributed by atoms with Gasteiger partial charge in [-0.3, -0.25) is 4.79 Å². The fourth-order valence-electron chi connectivity index (χ4n) is 3.12. The number of nitrogens with one attached hydrogen (secondary N) is 1. The highest BCUT2D eigenvalue weighted by Crippen LogP contribution is 2.19. The van der Waals surface area contributed by atoms with Crippen molar-refractivity contribution < 1.29 is 24.2 Å². The van der Waals surface area contributed by atoms with Crippen LogP contribution in [0.3, 0.4) is 0 Å². The molecule has 0 saturated heterocycles. The molecule has 3 rings (SSSR count). The fourth-order valence-corrected chi connectivity index (χ4v) is 3.12. The maximum atomic E-state index is 12.5. The summed E-state index contributed by atoms with van der Waals surface area (Å²) in [5.74, 6) is -1.98. The summed E-state index contributed by atoms with van der Waals surface area (Å²) in [7, 11) is 0. The number of aromatic nitrogens is 6. The number of nitrogens with zero attached hydrogens (tertiary/aromatic N) is 6. The van der Waals surface area contributed by atoms with E-state index in [1.807, 2.05) is 0 Å². The van der Waals surface area contributed by atoms with E-state index >= 15 is 0 Å². The number of carbonyl (C=O) groups excluding carboxylic acids is 2. The van der Waals surface area contributed by atoms with Crippen molar-refractivity contribution in [1.29, 1.82) is 0 Å². The molecule has 0 spiro atoms. The summed E-state index contributed by atoms with van der Waals surface area (Å²) in [6, 6.07) is 8.23. The average molecular weight is 509 g/mol. The Hall–Kier alpha value is -4.39. The van der Waals surface area contributed by atoms with Crippen LogP contribution in [-0.2, 0) is 14.3 Å². The summed E-state index contributed by atoms with van der Waals surface area (Å²) >= 11 is 0. The quantitative estimate of drug-likeness (QED) is 0.203. The normalized spacial score (nSPS) is 12.9. The number of unbranched alkanes of at least 4 members (excludes halogenated alkanes) is 1. The fraction of sp³-hybridized carbons (Fsp3) is 0.375. The number of carbonyl (C=O) groups is 3. The van der Waals surface area contributed by atoms with E-state index in [2.05, 4.69) is 35.7 Å². The summed E-state index contributed by atoms with van der Waals surface area (Å²) in [5, 5.41) is 28.3. The molecule has 0 aliphatic rings. The van der Waals surface area contributed by atoms with Crippen LogP contribution in [-0.4, -0.2) is 71.0 Å². The minimum atomic E-state index is -2.15. The smallest absolute Gasteiger partial charge is 0.338 e. The zero-order chi connectivity index (χ0) is 27.1. The van der Waals surface area contributed by atoms with E-state index < -0.39 is 23.1 Å². The highest BCUT2D eigenvalue weighted by molar-refractivity contribution is 6.03. The monoisotopic (exact) mass is 508 g/mol. The molecule has 0 bridgehead atoms. The molecule has 13 nitrogen and oxygen atoms in total. The lowest BCUT2D eigenvalue weighted by molar-refractivity contribution is -0.169. The van der Waals surface area contributed by atoms with Gasteiger partial charge >= 0.3 is 11.9 Å². The van der Waals surface area contributed by atoms with Crippen LogP contribution in [0.1, 0.15) is 50.4 Å². The number of carboxylic acids is 1. The minimum absolute atomic E-state index is 0.126. The molecule has 194 valence electrons. The highest BCUT2D eigenvalue weighted by Gasteiger charge is 2.44. The molecule has 13 heteroatoms. The molecule has 0 radical (unpaired) electrons. The zero-order valence-electron chi connectivity index (χ0n) is 20.7. The van der Waals surface area contributed by atoms with Gasteiger partial charge in [-0.05, 0) is 58.2 Å². The van der Waals surface area contributed by atoms with Gasteiger partial charge in [0.05, 0.1) is 0 Å². The van der Waals surface area contributed by atoms with Gasteiger partial charge in [0.2, 0.25) is 23.0 Å². The van der Waals surface area contributed by atoms with Gasteiger partial charge in [0.25, 0.3) is 5.91 Å². The number of hydrogen-bond acceptors (Lipinski definition) is 11. The maximum Gasteiger partial charge on any atom is 0.338 e. The summed E-state index contributed by atoms with van der Waals surface area (Å²) in [4.78, 5) is 44.4. The summed E-state index contributed by atoms with van der Waals surface area (Å²) in [6.07, 6.45) is 3.72. The number of benzene rings is 1. The van der Waals surface area contributed by atoms with Crippen LogP contribution in [0.25, 0.3) is 23.0 Å². The first-order chi connectivity index (χ1) is 17.5.